The molecule has 0 saturated heterocycles. The quantitative estimate of drug-likeness (QED) is 0.0710. The molecule has 3 rings (SSSR count). The lowest BCUT2D eigenvalue weighted by Gasteiger charge is -2.32. The van der Waals surface area contributed by atoms with Gasteiger partial charge in [0.2, 0.25) is 15.9 Å². The van der Waals surface area contributed by atoms with Gasteiger partial charge in [0.15, 0.2) is 0 Å². The Hall–Kier alpha value is -3.17. The van der Waals surface area contributed by atoms with E-state index < -0.39 is 48.4 Å². The van der Waals surface area contributed by atoms with Crippen LogP contribution in [0.3, 0.4) is 0 Å². The largest absolute Gasteiger partial charge is 0.469 e. The average molecular weight is 769 g/mol. The summed E-state index contributed by atoms with van der Waals surface area (Å²) in [6.07, 6.45) is 2.78. The summed E-state index contributed by atoms with van der Waals surface area (Å²) < 4.78 is 45.8. The molecule has 0 spiro atoms. The van der Waals surface area contributed by atoms with Gasteiger partial charge in [-0.1, -0.05) is 54.4 Å². The number of unbranched alkanes of at least 4 members (excludes halogenated alkanes) is 1. The molecule has 16 heteroatoms. The lowest BCUT2D eigenvalue weighted by molar-refractivity contribution is -0.122. The van der Waals surface area contributed by atoms with Crippen molar-refractivity contribution in [3.05, 3.63) is 88.2 Å². The number of hydrogen-bond acceptors (Lipinski definition) is 8. The van der Waals surface area contributed by atoms with E-state index >= 15 is 0 Å². The van der Waals surface area contributed by atoms with Gasteiger partial charge in [0.25, 0.3) is 5.91 Å². The first-order valence-electron chi connectivity index (χ1n) is 15.4. The lowest BCUT2D eigenvalue weighted by atomic mass is 10.0. The molecule has 0 radical (unpaired) electrons. The maximum absolute atomic E-state index is 13.7. The van der Waals surface area contributed by atoms with Gasteiger partial charge in [0, 0.05) is 47.6 Å². The number of aromatic nitrogens is 1. The Balaban J connectivity index is 1.72. The van der Waals surface area contributed by atoms with Gasteiger partial charge in [0.1, 0.15) is 6.04 Å². The third kappa shape index (κ3) is 12.1. The summed E-state index contributed by atoms with van der Waals surface area (Å²) in [5.41, 5.74) is 7.83. The minimum absolute atomic E-state index is 0.00888. The average Bonchev–Trinajstić information content (AvgIpc) is 3.01. The van der Waals surface area contributed by atoms with E-state index in [4.69, 9.17) is 10.3 Å². The number of nitrogens with one attached hydrogen (secondary N) is 2. The monoisotopic (exact) mass is 767 g/mol. The molecule has 13 nitrogen and oxygen atoms in total. The van der Waals surface area contributed by atoms with Crippen LogP contribution >= 0.6 is 23.8 Å². The standard InChI is InChI=1S/C32H43BrN5O8PS/c1-22(2)20-38(48(44,45)27-15-13-25(34)14-16-27)26(21-46-47(41,42)43)10-6-7-17-36-32(40)30(19-24-9-4-5-12-29(24)33)37-31(39)28-11-8-18-35-23(28)3/h4-5,8-9,11-16,18,22,26,30H,6-7,10,17,19-21,34H2,1-3H3,(H,36,40)(H,37,39)(H2,41,42,43)/t26-,30?/m0/s1. The number of phosphoric ester groups is 1. The first-order chi connectivity index (χ1) is 22.6. The lowest BCUT2D eigenvalue weighted by Crippen LogP contribution is -2.48. The van der Waals surface area contributed by atoms with Crippen molar-refractivity contribution < 1.29 is 36.9 Å². The van der Waals surface area contributed by atoms with Crippen LogP contribution in [-0.4, -0.2) is 71.1 Å². The zero-order valence-corrected chi connectivity index (χ0v) is 30.4. The Kier molecular flexibility index (Phi) is 14.7. The molecule has 0 aliphatic carbocycles. The fraction of sp³-hybridized carbons (Fsp3) is 0.406. The predicted octanol–water partition coefficient (Wildman–Crippen LogP) is 4.19. The summed E-state index contributed by atoms with van der Waals surface area (Å²) in [5.74, 6) is -0.958. The van der Waals surface area contributed by atoms with Crippen LogP contribution in [0.2, 0.25) is 0 Å². The second-order valence-electron chi connectivity index (χ2n) is 11.7. The summed E-state index contributed by atoms with van der Waals surface area (Å²) in [6, 6.07) is 14.5. The van der Waals surface area contributed by atoms with Gasteiger partial charge in [-0.15, -0.1) is 0 Å². The molecular formula is C32H43BrN5O8PS. The number of phosphoric acid groups is 1. The normalized spacial score (nSPS) is 13.3. The van der Waals surface area contributed by atoms with Crippen molar-refractivity contribution in [2.24, 2.45) is 5.92 Å². The van der Waals surface area contributed by atoms with Crippen LogP contribution < -0.4 is 16.4 Å². The highest BCUT2D eigenvalue weighted by Gasteiger charge is 2.33. The number of benzene rings is 2. The first kappa shape index (κ1) is 39.3. The predicted molar refractivity (Wildman–Crippen MR) is 186 cm³/mol. The maximum atomic E-state index is 13.7. The smallest absolute Gasteiger partial charge is 0.399 e. The van der Waals surface area contributed by atoms with Gasteiger partial charge in [-0.3, -0.25) is 19.1 Å². The first-order valence-corrected chi connectivity index (χ1v) is 19.2. The van der Waals surface area contributed by atoms with Crippen LogP contribution in [0.15, 0.2) is 76.2 Å². The van der Waals surface area contributed by atoms with E-state index in [2.05, 4.69) is 31.5 Å². The number of sulfonamides is 1. The topological polar surface area (TPSA) is 201 Å². The minimum Gasteiger partial charge on any atom is -0.399 e. The molecule has 6 N–H and O–H groups in total. The number of aryl methyl sites for hydroxylation is 1. The van der Waals surface area contributed by atoms with E-state index in [-0.39, 0.29) is 36.7 Å². The van der Waals surface area contributed by atoms with Crippen molar-refractivity contribution in [2.45, 2.75) is 63.4 Å². The van der Waals surface area contributed by atoms with Gasteiger partial charge in [-0.25, -0.2) is 13.0 Å². The summed E-state index contributed by atoms with van der Waals surface area (Å²) in [5, 5.41) is 5.69. The summed E-state index contributed by atoms with van der Waals surface area (Å²) >= 11 is 3.50. The zero-order chi connectivity index (χ0) is 35.5. The van der Waals surface area contributed by atoms with Gasteiger partial charge in [-0.05, 0) is 73.7 Å². The van der Waals surface area contributed by atoms with Crippen molar-refractivity contribution in [1.29, 1.82) is 0 Å². The van der Waals surface area contributed by atoms with E-state index in [1.807, 2.05) is 38.1 Å². The third-order valence-electron chi connectivity index (χ3n) is 7.39. The van der Waals surface area contributed by atoms with Crippen LogP contribution in [0.5, 0.6) is 0 Å². The third-order valence-corrected chi connectivity index (χ3v) is 10.6. The van der Waals surface area contributed by atoms with Crippen molar-refractivity contribution >= 4 is 51.3 Å². The molecule has 1 heterocycles. The molecule has 48 heavy (non-hydrogen) atoms. The number of pyridine rings is 1. The second kappa shape index (κ2) is 18.0. The Labute approximate surface area is 290 Å². The Morgan fingerprint density at radius 1 is 1.06 bits per heavy atom. The molecule has 2 atom stereocenters. The van der Waals surface area contributed by atoms with E-state index in [0.717, 1.165) is 10.0 Å². The number of carbonyl (C=O) groups excluding carboxylic acids is 2. The molecule has 3 aromatic rings. The fourth-order valence-electron chi connectivity index (χ4n) is 4.97. The Bertz CT molecular complexity index is 1690. The van der Waals surface area contributed by atoms with Gasteiger partial charge < -0.3 is 26.2 Å². The summed E-state index contributed by atoms with van der Waals surface area (Å²) in [4.78, 5) is 49.5. The van der Waals surface area contributed by atoms with Crippen molar-refractivity contribution in [3.63, 3.8) is 0 Å². The highest BCUT2D eigenvalue weighted by molar-refractivity contribution is 9.10. The number of hydrogen-bond donors (Lipinski definition) is 5. The van der Waals surface area contributed by atoms with Crippen molar-refractivity contribution in [1.82, 2.24) is 19.9 Å². The number of nitrogens with zero attached hydrogens (tertiary/aromatic N) is 2. The number of carbonyl (C=O) groups is 2. The summed E-state index contributed by atoms with van der Waals surface area (Å²) in [7, 11) is -8.99. The molecule has 2 amide bonds. The number of amides is 2. The van der Waals surface area contributed by atoms with Crippen LogP contribution in [-0.2, 0) is 30.3 Å². The van der Waals surface area contributed by atoms with Gasteiger partial charge in [-0.2, -0.15) is 4.31 Å². The highest BCUT2D eigenvalue weighted by atomic mass is 79.9. The number of nitrogens with two attached hydrogens (primary N) is 1. The summed E-state index contributed by atoms with van der Waals surface area (Å²) in [6.45, 7) is 5.12. The highest BCUT2D eigenvalue weighted by Crippen LogP contribution is 2.37. The second-order valence-corrected chi connectivity index (χ2v) is 15.7. The molecule has 2 aromatic carbocycles. The number of rotatable bonds is 18. The number of nitrogen functional groups attached to an aromatic ring is 1. The Morgan fingerprint density at radius 3 is 2.38 bits per heavy atom. The van der Waals surface area contributed by atoms with Crippen molar-refractivity contribution in [2.75, 3.05) is 25.4 Å². The van der Waals surface area contributed by atoms with E-state index in [0.29, 0.717) is 29.8 Å². The molecule has 0 saturated carbocycles. The molecule has 1 aromatic heterocycles. The van der Waals surface area contributed by atoms with Gasteiger partial charge in [0.05, 0.1) is 17.1 Å². The van der Waals surface area contributed by atoms with Crippen LogP contribution in [0, 0.1) is 12.8 Å². The number of anilines is 1. The Morgan fingerprint density at radius 2 is 1.75 bits per heavy atom. The SMILES string of the molecule is Cc1ncccc1C(=O)NC(Cc1ccccc1Br)C(=O)NCCCC[C@@H](COP(=O)(O)O)N(CC(C)C)S(=O)(=O)c1ccc(N)cc1. The molecule has 262 valence electrons. The molecule has 0 fully saturated rings. The van der Waals surface area contributed by atoms with Gasteiger partial charge >= 0.3 is 7.82 Å². The van der Waals surface area contributed by atoms with Crippen LogP contribution in [0.4, 0.5) is 5.69 Å². The molecular weight excluding hydrogens is 725 g/mol. The van der Waals surface area contributed by atoms with E-state index in [1.54, 1.807) is 25.3 Å². The fourth-order valence-corrected chi connectivity index (χ4v) is 7.58. The van der Waals surface area contributed by atoms with Crippen LogP contribution in [0.25, 0.3) is 0 Å². The molecule has 1 unspecified atom stereocenters. The van der Waals surface area contributed by atoms with E-state index in [1.165, 1.54) is 28.6 Å². The maximum Gasteiger partial charge on any atom is 0.469 e. The molecule has 0 aliphatic rings. The number of halogens is 1. The molecule has 0 bridgehead atoms. The minimum atomic E-state index is -4.90. The van der Waals surface area contributed by atoms with Crippen molar-refractivity contribution in [3.8, 4) is 0 Å². The molecule has 0 aliphatic heterocycles. The zero-order valence-electron chi connectivity index (χ0n) is 27.1. The van der Waals surface area contributed by atoms with E-state index in [9.17, 15) is 32.4 Å². The van der Waals surface area contributed by atoms with Crippen LogP contribution in [0.1, 0.15) is 54.7 Å².